The Kier molecular flexibility index (Phi) is 8.21. The molecule has 0 aliphatic rings. The Bertz CT molecular complexity index is 51.7. The number of hydrogen-bond acceptors (Lipinski definition) is 0. The molecule has 0 aromatic carbocycles. The van der Waals surface area contributed by atoms with Crippen molar-refractivity contribution in [3.05, 3.63) is 0 Å². The molecule has 0 radical (unpaired) electrons. The smallest absolute Gasteiger partial charge is 0.119 e. The van der Waals surface area contributed by atoms with Gasteiger partial charge in [-0.05, 0) is 19.3 Å². The van der Waals surface area contributed by atoms with E-state index in [1.54, 1.807) is 0 Å². The largest absolute Gasteiger partial charge is 0.316 e. The van der Waals surface area contributed by atoms with Crippen molar-refractivity contribution in [3.63, 3.8) is 0 Å². The predicted octanol–water partition coefficient (Wildman–Crippen LogP) is 2.28. The molecule has 0 heterocycles. The van der Waals surface area contributed by atoms with E-state index in [1.807, 2.05) is 0 Å². The van der Waals surface area contributed by atoms with Gasteiger partial charge in [-0.1, -0.05) is 20.8 Å². The van der Waals surface area contributed by atoms with Gasteiger partial charge in [0.15, 0.2) is 0 Å². The van der Waals surface area contributed by atoms with Crippen LogP contribution in [-0.4, -0.2) is 27.9 Å². The number of halogens is 1. The van der Waals surface area contributed by atoms with Gasteiger partial charge < -0.3 is 0 Å². The third-order valence-electron chi connectivity index (χ3n) is 1.90. The first kappa shape index (κ1) is 12.7. The molecule has 0 aliphatic carbocycles. The highest BCUT2D eigenvalue weighted by molar-refractivity contribution is 6.23. The summed E-state index contributed by atoms with van der Waals surface area (Å²) in [7, 11) is 0. The minimum absolute atomic E-state index is 0. The number of hydrogen-bond donors (Lipinski definition) is 0. The normalized spacial score (nSPS) is 10.7. The molecule has 54 valence electrons. The van der Waals surface area contributed by atoms with Gasteiger partial charge in [0.05, 0.1) is 0 Å². The molecule has 0 aliphatic heterocycles. The average molecular weight is 161 g/mol. The fraction of sp³-hybridized carbons (Fsp3) is 1.00. The second-order valence-electron chi connectivity index (χ2n) is 2.21. The van der Waals surface area contributed by atoms with E-state index >= 15 is 0 Å². The number of rotatable bonds is 3. The van der Waals surface area contributed by atoms with Crippen molar-refractivity contribution < 1.29 is 0 Å². The Hall–Kier alpha value is 1.06. The van der Waals surface area contributed by atoms with Crippen LogP contribution in [0.1, 0.15) is 40.0 Å². The summed E-state index contributed by atoms with van der Waals surface area (Å²) in [6.07, 6.45) is 3.25. The van der Waals surface area contributed by atoms with Crippen LogP contribution in [0.2, 0.25) is 0 Å². The van der Waals surface area contributed by atoms with Crippen LogP contribution in [0.15, 0.2) is 0 Å². The van der Waals surface area contributed by atoms with Crippen molar-refractivity contribution in [1.82, 2.24) is 0 Å². The Morgan fingerprint density at radius 3 is 1.22 bits per heavy atom. The van der Waals surface area contributed by atoms with Crippen LogP contribution >= 0.6 is 11.6 Å². The summed E-state index contributed by atoms with van der Waals surface area (Å²) in [6.45, 7) is 6.42. The molecular formula is C7H17ClMg. The highest BCUT2D eigenvalue weighted by Gasteiger charge is 2.18. The Balaban J connectivity index is 0. The molecule has 0 saturated heterocycles. The second kappa shape index (κ2) is 5.81. The Morgan fingerprint density at radius 2 is 1.22 bits per heavy atom. The van der Waals surface area contributed by atoms with Crippen LogP contribution in [0.25, 0.3) is 0 Å². The Labute approximate surface area is 79.5 Å². The zero-order chi connectivity index (χ0) is 6.62. The maximum absolute atomic E-state index is 6.09. The zero-order valence-electron chi connectivity index (χ0n) is 6.00. The lowest BCUT2D eigenvalue weighted by atomic mass is 10.00. The molecule has 0 unspecified atom stereocenters. The summed E-state index contributed by atoms with van der Waals surface area (Å²) in [5, 5.41) is 0. The Morgan fingerprint density at radius 1 is 1.00 bits per heavy atom. The molecule has 0 aromatic heterocycles. The molecule has 0 bridgehead atoms. The van der Waals surface area contributed by atoms with Gasteiger partial charge in [0.2, 0.25) is 0 Å². The monoisotopic (exact) mass is 160 g/mol. The summed E-state index contributed by atoms with van der Waals surface area (Å²) >= 11 is 6.09. The van der Waals surface area contributed by atoms with E-state index in [0.29, 0.717) is 0 Å². The fourth-order valence-electron chi connectivity index (χ4n) is 0.750. The summed E-state index contributed by atoms with van der Waals surface area (Å²) in [5.74, 6) is 0. The molecule has 0 N–H and O–H groups in total. The standard InChI is InChI=1S/C7H15Cl.Mg.2H/c1-4-7(8,5-2)6-3;;;/h4-6H2,1-3H3;;;. The SMILES string of the molecule is CCC(Cl)(CC)CC.[MgH2]. The maximum Gasteiger partial charge on any atom is 0.316 e. The predicted molar refractivity (Wildman–Crippen MR) is 48.0 cm³/mol. The van der Waals surface area contributed by atoms with Crippen molar-refractivity contribution in [2.24, 2.45) is 0 Å². The molecular weight excluding hydrogens is 144 g/mol. The zero-order valence-corrected chi connectivity index (χ0v) is 6.76. The lowest BCUT2D eigenvalue weighted by molar-refractivity contribution is 0.519. The van der Waals surface area contributed by atoms with Gasteiger partial charge in [-0.3, -0.25) is 0 Å². The van der Waals surface area contributed by atoms with Crippen molar-refractivity contribution in [3.8, 4) is 0 Å². The minimum Gasteiger partial charge on any atom is -0.119 e. The molecule has 0 spiro atoms. The second-order valence-corrected chi connectivity index (χ2v) is 3.01. The van der Waals surface area contributed by atoms with Gasteiger partial charge in [0.1, 0.15) is 0 Å². The lowest BCUT2D eigenvalue weighted by Crippen LogP contribution is -2.16. The quantitative estimate of drug-likeness (QED) is 0.439. The van der Waals surface area contributed by atoms with E-state index in [4.69, 9.17) is 11.6 Å². The third kappa shape index (κ3) is 4.46. The van der Waals surface area contributed by atoms with Crippen molar-refractivity contribution in [2.45, 2.75) is 44.9 Å². The van der Waals surface area contributed by atoms with Crippen LogP contribution < -0.4 is 0 Å². The van der Waals surface area contributed by atoms with Gasteiger partial charge in [-0.15, -0.1) is 11.6 Å². The molecule has 0 aromatic rings. The van der Waals surface area contributed by atoms with E-state index in [9.17, 15) is 0 Å². The molecule has 2 heteroatoms. The summed E-state index contributed by atoms with van der Waals surface area (Å²) in [5.41, 5.74) is 0. The molecule has 0 rings (SSSR count). The average Bonchev–Trinajstić information content (AvgIpc) is 1.87. The van der Waals surface area contributed by atoms with Crippen molar-refractivity contribution >= 4 is 34.7 Å². The van der Waals surface area contributed by atoms with Crippen LogP contribution in [0.4, 0.5) is 0 Å². The van der Waals surface area contributed by atoms with E-state index in [1.165, 1.54) is 0 Å². The first-order valence-electron chi connectivity index (χ1n) is 3.37. The highest BCUT2D eigenvalue weighted by Crippen LogP contribution is 2.26. The van der Waals surface area contributed by atoms with E-state index in [-0.39, 0.29) is 27.9 Å². The van der Waals surface area contributed by atoms with Crippen LogP contribution in [0.5, 0.6) is 0 Å². The molecule has 9 heavy (non-hydrogen) atoms. The molecule has 0 fully saturated rings. The van der Waals surface area contributed by atoms with Crippen molar-refractivity contribution in [2.75, 3.05) is 0 Å². The van der Waals surface area contributed by atoms with E-state index in [2.05, 4.69) is 20.8 Å². The first-order chi connectivity index (χ1) is 3.68. The van der Waals surface area contributed by atoms with Crippen molar-refractivity contribution in [1.29, 1.82) is 0 Å². The van der Waals surface area contributed by atoms with Crippen LogP contribution in [0, 0.1) is 0 Å². The third-order valence-corrected chi connectivity index (χ3v) is 2.70. The van der Waals surface area contributed by atoms with Gasteiger partial charge >= 0.3 is 23.1 Å². The van der Waals surface area contributed by atoms with E-state index < -0.39 is 0 Å². The summed E-state index contributed by atoms with van der Waals surface area (Å²) in [4.78, 5) is 0.0972. The van der Waals surface area contributed by atoms with Gasteiger partial charge in [0, 0.05) is 4.87 Å². The summed E-state index contributed by atoms with van der Waals surface area (Å²) in [6, 6.07) is 0. The molecule has 0 saturated carbocycles. The van der Waals surface area contributed by atoms with Gasteiger partial charge in [-0.2, -0.15) is 0 Å². The fourth-order valence-corrected chi connectivity index (χ4v) is 0.750. The molecule has 0 nitrogen and oxygen atoms in total. The minimum atomic E-state index is 0. The summed E-state index contributed by atoms with van der Waals surface area (Å²) < 4.78 is 0. The van der Waals surface area contributed by atoms with Gasteiger partial charge in [0.25, 0.3) is 0 Å². The van der Waals surface area contributed by atoms with E-state index in [0.717, 1.165) is 19.3 Å². The topological polar surface area (TPSA) is 0 Å². The van der Waals surface area contributed by atoms with Gasteiger partial charge in [-0.25, -0.2) is 0 Å². The lowest BCUT2D eigenvalue weighted by Gasteiger charge is -2.20. The maximum atomic E-state index is 6.09. The molecule has 0 atom stereocenters. The first-order valence-corrected chi connectivity index (χ1v) is 3.75. The molecule has 0 amide bonds. The van der Waals surface area contributed by atoms with Crippen LogP contribution in [0.3, 0.4) is 0 Å². The number of alkyl halides is 1. The highest BCUT2D eigenvalue weighted by atomic mass is 35.5. The van der Waals surface area contributed by atoms with Crippen LogP contribution in [-0.2, 0) is 0 Å².